The molecule has 0 aliphatic carbocycles. The van der Waals surface area contributed by atoms with Gasteiger partial charge in [-0.1, -0.05) is 13.3 Å². The second-order valence-corrected chi connectivity index (χ2v) is 7.53. The highest BCUT2D eigenvalue weighted by Crippen LogP contribution is 2.29. The van der Waals surface area contributed by atoms with Gasteiger partial charge >= 0.3 is 11.9 Å². The maximum Gasteiger partial charge on any atom is 0.342 e. The Morgan fingerprint density at radius 3 is 2.51 bits per heavy atom. The summed E-state index contributed by atoms with van der Waals surface area (Å²) in [5, 5.41) is 2.73. The normalized spacial score (nSPS) is 10.7. The summed E-state index contributed by atoms with van der Waals surface area (Å²) in [5.41, 5.74) is 6.62. The Labute approximate surface area is 201 Å². The average molecular weight is 485 g/mol. The van der Waals surface area contributed by atoms with E-state index in [9.17, 15) is 14.4 Å². The standard InChI is InChI=1S/C24H28N4O7/c1-4-6-11-33-16-9-7-15(8-10-16)22(30)26-12-18(29)34-13-17-27-21(25)20-19(24(31)32-5-2)14(3)35-23(20)28-17/h7-10H,4-6,11-13H2,1-3H3,(H,26,30)(H2,25,27,28). The Hall–Kier alpha value is -4.15. The summed E-state index contributed by atoms with van der Waals surface area (Å²) in [4.78, 5) is 44.8. The number of nitrogen functional groups attached to an aromatic ring is 1. The number of benzene rings is 1. The van der Waals surface area contributed by atoms with Gasteiger partial charge in [0.05, 0.1) is 18.6 Å². The molecule has 11 nitrogen and oxygen atoms in total. The zero-order chi connectivity index (χ0) is 25.4. The van der Waals surface area contributed by atoms with Crippen molar-refractivity contribution in [2.75, 3.05) is 25.5 Å². The van der Waals surface area contributed by atoms with Crippen LogP contribution in [0.2, 0.25) is 0 Å². The second kappa shape index (κ2) is 11.8. The molecule has 0 saturated heterocycles. The Morgan fingerprint density at radius 2 is 1.83 bits per heavy atom. The molecule has 1 amide bonds. The summed E-state index contributed by atoms with van der Waals surface area (Å²) in [6.07, 6.45) is 1.98. The van der Waals surface area contributed by atoms with Crippen molar-refractivity contribution in [1.82, 2.24) is 15.3 Å². The fourth-order valence-corrected chi connectivity index (χ4v) is 3.18. The summed E-state index contributed by atoms with van der Waals surface area (Å²) in [6.45, 7) is 5.50. The molecule has 0 unspecified atom stereocenters. The number of hydrogen-bond donors (Lipinski definition) is 2. The Morgan fingerprint density at radius 1 is 1.09 bits per heavy atom. The van der Waals surface area contributed by atoms with Crippen LogP contribution in [0.1, 0.15) is 59.0 Å². The minimum absolute atomic E-state index is 0.00336. The molecule has 0 radical (unpaired) electrons. The molecule has 3 rings (SSSR count). The maximum atomic E-state index is 12.3. The van der Waals surface area contributed by atoms with Crippen LogP contribution in [-0.4, -0.2) is 47.6 Å². The van der Waals surface area contributed by atoms with Crippen LogP contribution in [-0.2, 0) is 20.9 Å². The van der Waals surface area contributed by atoms with Gasteiger partial charge in [-0.15, -0.1) is 0 Å². The van der Waals surface area contributed by atoms with E-state index in [4.69, 9.17) is 24.4 Å². The van der Waals surface area contributed by atoms with Gasteiger partial charge in [-0.2, -0.15) is 4.98 Å². The Balaban J connectivity index is 1.54. The monoisotopic (exact) mass is 484 g/mol. The van der Waals surface area contributed by atoms with Crippen molar-refractivity contribution in [2.45, 2.75) is 40.2 Å². The number of anilines is 1. The van der Waals surface area contributed by atoms with Gasteiger partial charge in [0.2, 0.25) is 5.71 Å². The van der Waals surface area contributed by atoms with Crippen molar-refractivity contribution in [2.24, 2.45) is 0 Å². The minimum Gasteiger partial charge on any atom is -0.494 e. The maximum absolute atomic E-state index is 12.3. The van der Waals surface area contributed by atoms with Crippen LogP contribution in [0, 0.1) is 6.92 Å². The number of aryl methyl sites for hydroxylation is 1. The lowest BCUT2D eigenvalue weighted by atomic mass is 10.2. The number of nitrogens with two attached hydrogens (primary N) is 1. The van der Waals surface area contributed by atoms with Crippen LogP contribution in [0.5, 0.6) is 5.75 Å². The summed E-state index contributed by atoms with van der Waals surface area (Å²) in [6, 6.07) is 6.63. The topological polar surface area (TPSA) is 156 Å². The van der Waals surface area contributed by atoms with E-state index in [1.54, 1.807) is 38.1 Å². The van der Waals surface area contributed by atoms with Crippen LogP contribution in [0.25, 0.3) is 11.1 Å². The van der Waals surface area contributed by atoms with Crippen molar-refractivity contribution in [1.29, 1.82) is 0 Å². The molecule has 2 aromatic heterocycles. The molecule has 3 N–H and O–H groups in total. The van der Waals surface area contributed by atoms with Gasteiger partial charge in [0, 0.05) is 5.56 Å². The molecule has 0 aliphatic heterocycles. The molecule has 0 aliphatic rings. The molecular weight excluding hydrogens is 456 g/mol. The van der Waals surface area contributed by atoms with Crippen LogP contribution in [0.3, 0.4) is 0 Å². The molecule has 0 bridgehead atoms. The number of fused-ring (bicyclic) bond motifs is 1. The first kappa shape index (κ1) is 25.5. The number of rotatable bonds is 11. The molecule has 0 spiro atoms. The molecule has 2 heterocycles. The van der Waals surface area contributed by atoms with Crippen molar-refractivity contribution < 1.29 is 33.0 Å². The predicted octanol–water partition coefficient (Wildman–Crippen LogP) is 2.94. The number of ether oxygens (including phenoxy) is 3. The SMILES string of the molecule is CCCCOc1ccc(C(=O)NCC(=O)OCc2nc(N)c3c(C(=O)OCC)c(C)oc3n2)cc1. The number of aromatic nitrogens is 2. The van der Waals surface area contributed by atoms with E-state index >= 15 is 0 Å². The number of esters is 2. The average Bonchev–Trinajstić information content (AvgIpc) is 3.18. The first-order valence-corrected chi connectivity index (χ1v) is 11.2. The van der Waals surface area contributed by atoms with E-state index in [1.807, 2.05) is 0 Å². The van der Waals surface area contributed by atoms with E-state index in [-0.39, 0.29) is 53.8 Å². The molecular formula is C24H28N4O7. The number of unbranched alkanes of at least 4 members (excludes halogenated alkanes) is 1. The molecule has 11 heteroatoms. The highest BCUT2D eigenvalue weighted by atomic mass is 16.5. The van der Waals surface area contributed by atoms with Gasteiger partial charge in [-0.3, -0.25) is 9.59 Å². The Kier molecular flexibility index (Phi) is 8.60. The number of hydrogen-bond acceptors (Lipinski definition) is 10. The highest BCUT2D eigenvalue weighted by Gasteiger charge is 2.24. The molecule has 3 aromatic rings. The summed E-state index contributed by atoms with van der Waals surface area (Å²) in [7, 11) is 0. The second-order valence-electron chi connectivity index (χ2n) is 7.53. The van der Waals surface area contributed by atoms with Crippen molar-refractivity contribution in [3.63, 3.8) is 0 Å². The number of nitrogens with zero attached hydrogens (tertiary/aromatic N) is 2. The van der Waals surface area contributed by atoms with E-state index in [0.29, 0.717) is 17.9 Å². The summed E-state index contributed by atoms with van der Waals surface area (Å²) in [5.74, 6) is -0.672. The highest BCUT2D eigenvalue weighted by molar-refractivity contribution is 6.07. The van der Waals surface area contributed by atoms with Crippen LogP contribution < -0.4 is 15.8 Å². The minimum atomic E-state index is -0.692. The smallest absolute Gasteiger partial charge is 0.342 e. The lowest BCUT2D eigenvalue weighted by molar-refractivity contribution is -0.143. The van der Waals surface area contributed by atoms with Gasteiger partial charge in [-0.25, -0.2) is 9.78 Å². The van der Waals surface area contributed by atoms with Gasteiger partial charge in [0.1, 0.15) is 29.4 Å². The van der Waals surface area contributed by atoms with Crippen LogP contribution >= 0.6 is 0 Å². The number of carbonyl (C=O) groups excluding carboxylic acids is 3. The van der Waals surface area contributed by atoms with Gasteiger partial charge < -0.3 is 29.7 Å². The predicted molar refractivity (Wildman–Crippen MR) is 126 cm³/mol. The summed E-state index contributed by atoms with van der Waals surface area (Å²) >= 11 is 0. The van der Waals surface area contributed by atoms with Crippen LogP contribution in [0.4, 0.5) is 5.82 Å². The van der Waals surface area contributed by atoms with Crippen LogP contribution in [0.15, 0.2) is 28.7 Å². The van der Waals surface area contributed by atoms with E-state index in [0.717, 1.165) is 12.8 Å². The van der Waals surface area contributed by atoms with Crippen molar-refractivity contribution in [3.8, 4) is 5.75 Å². The first-order valence-electron chi connectivity index (χ1n) is 11.2. The van der Waals surface area contributed by atoms with Crippen molar-refractivity contribution >= 4 is 34.8 Å². The number of amides is 1. The fourth-order valence-electron chi connectivity index (χ4n) is 3.18. The molecule has 0 fully saturated rings. The molecule has 0 atom stereocenters. The number of furan rings is 1. The number of nitrogens with one attached hydrogen (secondary N) is 1. The van der Waals surface area contributed by atoms with Crippen molar-refractivity contribution in [3.05, 3.63) is 47.0 Å². The van der Waals surface area contributed by atoms with E-state index in [2.05, 4.69) is 22.2 Å². The third-order valence-electron chi connectivity index (χ3n) is 4.92. The van der Waals surface area contributed by atoms with Gasteiger partial charge in [0.25, 0.3) is 5.91 Å². The first-order chi connectivity index (χ1) is 16.8. The lowest BCUT2D eigenvalue weighted by Crippen LogP contribution is -2.30. The van der Waals surface area contributed by atoms with Gasteiger partial charge in [-0.05, 0) is 44.5 Å². The fraction of sp³-hybridized carbons (Fsp3) is 0.375. The third kappa shape index (κ3) is 6.46. The largest absolute Gasteiger partial charge is 0.494 e. The Bertz CT molecular complexity index is 1200. The quantitative estimate of drug-likeness (QED) is 0.306. The molecule has 0 saturated carbocycles. The zero-order valence-corrected chi connectivity index (χ0v) is 19.9. The van der Waals surface area contributed by atoms with Gasteiger partial charge in [0.15, 0.2) is 12.4 Å². The number of carbonyl (C=O) groups is 3. The molecule has 1 aromatic carbocycles. The molecule has 186 valence electrons. The lowest BCUT2D eigenvalue weighted by Gasteiger charge is -2.08. The van der Waals surface area contributed by atoms with E-state index in [1.165, 1.54) is 0 Å². The molecule has 35 heavy (non-hydrogen) atoms. The van der Waals surface area contributed by atoms with E-state index < -0.39 is 17.8 Å². The summed E-state index contributed by atoms with van der Waals surface area (Å²) < 4.78 is 21.2. The third-order valence-corrected chi connectivity index (χ3v) is 4.92. The zero-order valence-electron chi connectivity index (χ0n) is 19.9.